The summed E-state index contributed by atoms with van der Waals surface area (Å²) in [6, 6.07) is 14.6. The van der Waals surface area contributed by atoms with Crippen LogP contribution in [0.1, 0.15) is 34.0 Å². The van der Waals surface area contributed by atoms with Crippen molar-refractivity contribution in [3.8, 4) is 0 Å². The molecule has 3 heterocycles. The van der Waals surface area contributed by atoms with Gasteiger partial charge in [-0.1, -0.05) is 18.2 Å². The number of aromatic nitrogens is 2. The van der Waals surface area contributed by atoms with E-state index in [2.05, 4.69) is 27.4 Å². The van der Waals surface area contributed by atoms with Gasteiger partial charge in [-0.15, -0.1) is 5.10 Å². The molecule has 0 saturated carbocycles. The average Bonchev–Trinajstić information content (AvgIpc) is 3.09. The van der Waals surface area contributed by atoms with Crippen molar-refractivity contribution in [3.05, 3.63) is 71.2 Å². The zero-order valence-electron chi connectivity index (χ0n) is 15.9. The predicted molar refractivity (Wildman–Crippen MR) is 111 cm³/mol. The molecule has 2 aliphatic heterocycles. The van der Waals surface area contributed by atoms with Crippen LogP contribution in [0.15, 0.2) is 48.5 Å². The van der Waals surface area contributed by atoms with Gasteiger partial charge < -0.3 is 16.0 Å². The molecule has 6 nitrogen and oxygen atoms in total. The standard InChI is InChI=1S/C22H22FN5O/c23-14-6-7-19-18(12-14)16(8-10-25-19)22(29)28-20-13-27(15-4-2-1-3-5-15)11-9-17(20)21(24)26-28/h1-7,12,16,25H,8-11,13H2,(H2,24,26). The van der Waals surface area contributed by atoms with E-state index in [1.54, 1.807) is 6.07 Å². The first-order chi connectivity index (χ1) is 14.1. The number of nitrogens with zero attached hydrogens (tertiary/aromatic N) is 3. The molecular weight excluding hydrogens is 369 g/mol. The second-order valence-electron chi connectivity index (χ2n) is 7.57. The van der Waals surface area contributed by atoms with Crippen LogP contribution in [0.5, 0.6) is 0 Å². The quantitative estimate of drug-likeness (QED) is 0.700. The summed E-state index contributed by atoms with van der Waals surface area (Å²) >= 11 is 0. The van der Waals surface area contributed by atoms with E-state index in [-0.39, 0.29) is 11.7 Å². The number of para-hydroxylation sites is 1. The molecule has 0 saturated heterocycles. The largest absolute Gasteiger partial charge is 0.385 e. The van der Waals surface area contributed by atoms with Crippen molar-refractivity contribution in [3.63, 3.8) is 0 Å². The topological polar surface area (TPSA) is 76.2 Å². The van der Waals surface area contributed by atoms with Crippen LogP contribution in [0.25, 0.3) is 0 Å². The first-order valence-electron chi connectivity index (χ1n) is 9.85. The molecule has 0 radical (unpaired) electrons. The third-order valence-electron chi connectivity index (χ3n) is 5.86. The number of hydrogen-bond donors (Lipinski definition) is 2. The maximum absolute atomic E-state index is 13.9. The van der Waals surface area contributed by atoms with Gasteiger partial charge in [0, 0.05) is 30.0 Å². The summed E-state index contributed by atoms with van der Waals surface area (Å²) in [5.74, 6) is -0.532. The summed E-state index contributed by atoms with van der Waals surface area (Å²) < 4.78 is 15.3. The number of rotatable bonds is 2. The highest BCUT2D eigenvalue weighted by molar-refractivity contribution is 5.89. The maximum Gasteiger partial charge on any atom is 0.254 e. The van der Waals surface area contributed by atoms with Crippen molar-refractivity contribution in [2.24, 2.45) is 0 Å². The van der Waals surface area contributed by atoms with Crippen molar-refractivity contribution in [2.75, 3.05) is 29.0 Å². The molecule has 1 aromatic heterocycles. The Morgan fingerprint density at radius 2 is 2.03 bits per heavy atom. The number of carbonyl (C=O) groups excluding carboxylic acids is 1. The zero-order chi connectivity index (χ0) is 20.0. The van der Waals surface area contributed by atoms with Crippen LogP contribution in [0.2, 0.25) is 0 Å². The monoisotopic (exact) mass is 391 g/mol. The second-order valence-corrected chi connectivity index (χ2v) is 7.57. The second kappa shape index (κ2) is 6.92. The number of hydrogen-bond acceptors (Lipinski definition) is 5. The number of nitrogens with two attached hydrogens (primary N) is 1. The van der Waals surface area contributed by atoms with Gasteiger partial charge in [0.05, 0.1) is 18.2 Å². The molecule has 0 spiro atoms. The fourth-order valence-corrected chi connectivity index (χ4v) is 4.38. The highest BCUT2D eigenvalue weighted by Gasteiger charge is 2.33. The lowest BCUT2D eigenvalue weighted by Crippen LogP contribution is -2.34. The Labute approximate surface area is 168 Å². The molecule has 0 amide bonds. The molecule has 3 N–H and O–H groups in total. The Morgan fingerprint density at radius 1 is 1.21 bits per heavy atom. The van der Waals surface area contributed by atoms with Gasteiger partial charge in [0.25, 0.3) is 5.91 Å². The first-order valence-corrected chi connectivity index (χ1v) is 9.85. The molecule has 3 aromatic rings. The molecule has 5 rings (SSSR count). The Kier molecular flexibility index (Phi) is 4.23. The van der Waals surface area contributed by atoms with Crippen LogP contribution in [-0.4, -0.2) is 28.8 Å². The van der Waals surface area contributed by atoms with E-state index in [0.29, 0.717) is 30.9 Å². The highest BCUT2D eigenvalue weighted by Crippen LogP contribution is 2.35. The predicted octanol–water partition coefficient (Wildman–Crippen LogP) is 3.41. The van der Waals surface area contributed by atoms with E-state index in [0.717, 1.165) is 35.6 Å². The number of nitrogens with one attached hydrogen (secondary N) is 1. The van der Waals surface area contributed by atoms with Gasteiger partial charge >= 0.3 is 0 Å². The van der Waals surface area contributed by atoms with Crippen molar-refractivity contribution >= 4 is 23.1 Å². The first kappa shape index (κ1) is 17.7. The Hall–Kier alpha value is -3.35. The summed E-state index contributed by atoms with van der Waals surface area (Å²) in [4.78, 5) is 15.7. The number of fused-ring (bicyclic) bond motifs is 2. The van der Waals surface area contributed by atoms with Crippen LogP contribution in [-0.2, 0) is 13.0 Å². The van der Waals surface area contributed by atoms with Gasteiger partial charge in [-0.2, -0.15) is 0 Å². The van der Waals surface area contributed by atoms with Crippen molar-refractivity contribution in [2.45, 2.75) is 25.3 Å². The van der Waals surface area contributed by atoms with Gasteiger partial charge in [-0.25, -0.2) is 9.07 Å². The summed E-state index contributed by atoms with van der Waals surface area (Å²) in [7, 11) is 0. The zero-order valence-corrected chi connectivity index (χ0v) is 15.9. The Bertz CT molecular complexity index is 1080. The Morgan fingerprint density at radius 3 is 2.86 bits per heavy atom. The summed E-state index contributed by atoms with van der Waals surface area (Å²) in [6.45, 7) is 2.04. The van der Waals surface area contributed by atoms with E-state index in [1.807, 2.05) is 18.2 Å². The third-order valence-corrected chi connectivity index (χ3v) is 5.86. The normalized spacial score (nSPS) is 18.0. The smallest absolute Gasteiger partial charge is 0.254 e. The molecule has 0 fully saturated rings. The summed E-state index contributed by atoms with van der Waals surface area (Å²) in [5.41, 5.74) is 10.5. The molecule has 7 heteroatoms. The lowest BCUT2D eigenvalue weighted by Gasteiger charge is -2.30. The van der Waals surface area contributed by atoms with Crippen LogP contribution in [0, 0.1) is 5.82 Å². The van der Waals surface area contributed by atoms with Crippen molar-refractivity contribution < 1.29 is 9.18 Å². The number of nitrogen functional groups attached to an aromatic ring is 1. The van der Waals surface area contributed by atoms with E-state index < -0.39 is 5.92 Å². The number of anilines is 3. The molecule has 2 aliphatic rings. The molecule has 2 aromatic carbocycles. The van der Waals surface area contributed by atoms with Gasteiger partial charge in [-0.3, -0.25) is 4.79 Å². The number of benzene rings is 2. The minimum Gasteiger partial charge on any atom is -0.385 e. The van der Waals surface area contributed by atoms with Crippen LogP contribution in [0.4, 0.5) is 21.6 Å². The van der Waals surface area contributed by atoms with Gasteiger partial charge in [-0.05, 0) is 48.7 Å². The van der Waals surface area contributed by atoms with E-state index in [1.165, 1.54) is 16.8 Å². The van der Waals surface area contributed by atoms with E-state index >= 15 is 0 Å². The van der Waals surface area contributed by atoms with Gasteiger partial charge in [0.1, 0.15) is 11.6 Å². The minimum absolute atomic E-state index is 0.152. The fourth-order valence-electron chi connectivity index (χ4n) is 4.38. The molecule has 0 bridgehead atoms. The lowest BCUT2D eigenvalue weighted by molar-refractivity contribution is 0.0852. The molecule has 0 aliphatic carbocycles. The molecule has 29 heavy (non-hydrogen) atoms. The maximum atomic E-state index is 13.9. The summed E-state index contributed by atoms with van der Waals surface area (Å²) in [6.07, 6.45) is 1.33. The molecule has 1 unspecified atom stereocenters. The minimum atomic E-state index is -0.447. The van der Waals surface area contributed by atoms with Crippen molar-refractivity contribution in [1.82, 2.24) is 9.78 Å². The number of halogens is 1. The van der Waals surface area contributed by atoms with Crippen LogP contribution < -0.4 is 16.0 Å². The third kappa shape index (κ3) is 3.03. The highest BCUT2D eigenvalue weighted by atomic mass is 19.1. The fraction of sp³-hybridized carbons (Fsp3) is 0.273. The van der Waals surface area contributed by atoms with Crippen LogP contribution >= 0.6 is 0 Å². The Balaban J connectivity index is 1.51. The molecular formula is C22H22FN5O. The molecule has 148 valence electrons. The lowest BCUT2D eigenvalue weighted by atomic mass is 9.90. The SMILES string of the molecule is Nc1nn(C(=O)C2CCNc3ccc(F)cc32)c2c1CCN(c1ccccc1)C2. The van der Waals surface area contributed by atoms with E-state index in [9.17, 15) is 9.18 Å². The van der Waals surface area contributed by atoms with E-state index in [4.69, 9.17) is 5.73 Å². The van der Waals surface area contributed by atoms with Gasteiger partial charge in [0.15, 0.2) is 0 Å². The molecule has 1 atom stereocenters. The summed E-state index contributed by atoms with van der Waals surface area (Å²) in [5, 5.41) is 7.64. The van der Waals surface area contributed by atoms with Gasteiger partial charge in [0.2, 0.25) is 0 Å². The average molecular weight is 391 g/mol. The van der Waals surface area contributed by atoms with Crippen LogP contribution in [0.3, 0.4) is 0 Å². The number of carbonyl (C=O) groups is 1. The van der Waals surface area contributed by atoms with Crippen molar-refractivity contribution in [1.29, 1.82) is 0 Å².